The maximum Gasteiger partial charge on any atom is 0.255 e. The van der Waals surface area contributed by atoms with Gasteiger partial charge in [-0.3, -0.25) is 9.59 Å². The molecule has 0 spiro atoms. The highest BCUT2D eigenvalue weighted by Gasteiger charge is 2.42. The number of halogens is 1. The average Bonchev–Trinajstić information content (AvgIpc) is 2.95. The minimum Gasteiger partial charge on any atom is -0.496 e. The summed E-state index contributed by atoms with van der Waals surface area (Å²) in [6.45, 7) is 0.355. The van der Waals surface area contributed by atoms with Crippen LogP contribution in [0.15, 0.2) is 24.4 Å². The van der Waals surface area contributed by atoms with E-state index in [2.05, 4.69) is 10.3 Å². The third kappa shape index (κ3) is 3.84. The fourth-order valence-electron chi connectivity index (χ4n) is 3.38. The van der Waals surface area contributed by atoms with Gasteiger partial charge < -0.3 is 25.3 Å². The van der Waals surface area contributed by atoms with Crippen molar-refractivity contribution in [2.75, 3.05) is 27.4 Å². The molecule has 2 amide bonds. The Kier molecular flexibility index (Phi) is 5.93. The first kappa shape index (κ1) is 19.8. The number of aromatic nitrogens is 1. The normalized spacial score (nSPS) is 21.5. The van der Waals surface area contributed by atoms with Crippen LogP contribution in [0, 0.1) is 5.92 Å². The zero-order chi connectivity index (χ0) is 20.3. The van der Waals surface area contributed by atoms with Crippen LogP contribution in [0.25, 0.3) is 10.8 Å². The lowest BCUT2D eigenvalue weighted by Crippen LogP contribution is -2.32. The molecule has 3 rings (SSSR count). The van der Waals surface area contributed by atoms with Gasteiger partial charge in [0.1, 0.15) is 5.75 Å². The number of ether oxygens (including phenoxy) is 3. The van der Waals surface area contributed by atoms with E-state index in [9.17, 15) is 14.0 Å². The number of alkyl halides is 1. The van der Waals surface area contributed by atoms with E-state index in [4.69, 9.17) is 19.9 Å². The van der Waals surface area contributed by atoms with Crippen molar-refractivity contribution in [3.05, 3.63) is 30.0 Å². The summed E-state index contributed by atoms with van der Waals surface area (Å²) in [6, 6.07) is 4.60. The molecule has 0 saturated carbocycles. The van der Waals surface area contributed by atoms with Crippen molar-refractivity contribution in [2.45, 2.75) is 18.6 Å². The number of amides is 2. The Hall–Kier alpha value is -2.94. The Morgan fingerprint density at radius 1 is 1.36 bits per heavy atom. The van der Waals surface area contributed by atoms with Gasteiger partial charge in [-0.05, 0) is 23.6 Å². The highest BCUT2D eigenvalue weighted by molar-refractivity contribution is 6.01. The smallest absolute Gasteiger partial charge is 0.255 e. The second-order valence-corrected chi connectivity index (χ2v) is 6.53. The molecule has 0 unspecified atom stereocenters. The van der Waals surface area contributed by atoms with E-state index in [0.717, 1.165) is 5.39 Å². The minimum atomic E-state index is -1.59. The lowest BCUT2D eigenvalue weighted by Gasteiger charge is -2.19. The number of nitrogens with two attached hydrogens (primary N) is 1. The van der Waals surface area contributed by atoms with Gasteiger partial charge in [-0.15, -0.1) is 0 Å². The van der Waals surface area contributed by atoms with Crippen molar-refractivity contribution in [1.29, 1.82) is 0 Å². The molecule has 2 heterocycles. The second-order valence-electron chi connectivity index (χ2n) is 6.53. The zero-order valence-electron chi connectivity index (χ0n) is 15.6. The largest absolute Gasteiger partial charge is 0.496 e. The summed E-state index contributed by atoms with van der Waals surface area (Å²) in [5.74, 6) is -1.11. The third-order valence-corrected chi connectivity index (χ3v) is 4.81. The SMILES string of the molecule is COC[C@H]1[C@@H](CCOc2nccc3cc(C(N)=O)c(OC)cc23)NC(=O)[C@@H]1F. The number of hydrogen-bond acceptors (Lipinski definition) is 6. The van der Waals surface area contributed by atoms with Crippen LogP contribution in [0.1, 0.15) is 16.8 Å². The molecular weight excluding hydrogens is 369 g/mol. The van der Waals surface area contributed by atoms with E-state index in [1.54, 1.807) is 24.4 Å². The van der Waals surface area contributed by atoms with Gasteiger partial charge in [0.15, 0.2) is 6.17 Å². The van der Waals surface area contributed by atoms with Crippen molar-refractivity contribution < 1.29 is 28.2 Å². The van der Waals surface area contributed by atoms with Gasteiger partial charge in [0, 0.05) is 37.1 Å². The summed E-state index contributed by atoms with van der Waals surface area (Å²) in [5, 5.41) is 4.00. The Labute approximate surface area is 161 Å². The number of nitrogens with one attached hydrogen (secondary N) is 1. The van der Waals surface area contributed by atoms with Crippen molar-refractivity contribution in [3.63, 3.8) is 0 Å². The molecular formula is C19H22FN3O5. The number of benzene rings is 1. The van der Waals surface area contributed by atoms with Crippen LogP contribution in [0.2, 0.25) is 0 Å². The number of carbonyl (C=O) groups is 2. The number of rotatable bonds is 8. The van der Waals surface area contributed by atoms with Crippen LogP contribution in [-0.4, -0.2) is 56.4 Å². The molecule has 9 heteroatoms. The fourth-order valence-corrected chi connectivity index (χ4v) is 3.38. The lowest BCUT2D eigenvalue weighted by atomic mass is 9.98. The van der Waals surface area contributed by atoms with Crippen LogP contribution in [0.3, 0.4) is 0 Å². The maximum atomic E-state index is 14.0. The summed E-state index contributed by atoms with van der Waals surface area (Å²) in [6.07, 6.45) is 0.365. The molecule has 2 aromatic rings. The third-order valence-electron chi connectivity index (χ3n) is 4.81. The maximum absolute atomic E-state index is 14.0. The standard InChI is InChI=1S/C19H22FN3O5/c1-26-9-13-14(23-18(25)16(13)20)4-6-28-19-11-8-15(27-2)12(17(21)24)7-10(11)3-5-22-19/h3,5,7-8,13-14,16H,4,6,9H2,1-2H3,(H2,21,24)(H,23,25)/t13-,14+,16+/m0/s1. The second kappa shape index (κ2) is 8.39. The highest BCUT2D eigenvalue weighted by atomic mass is 19.1. The number of nitrogens with zero attached hydrogens (tertiary/aromatic N) is 1. The minimum absolute atomic E-state index is 0.143. The molecule has 0 bridgehead atoms. The Balaban J connectivity index is 1.76. The summed E-state index contributed by atoms with van der Waals surface area (Å²) < 4.78 is 30.0. The number of fused-ring (bicyclic) bond motifs is 1. The van der Waals surface area contributed by atoms with Crippen LogP contribution >= 0.6 is 0 Å². The molecule has 1 fully saturated rings. The molecule has 1 aliphatic heterocycles. The van der Waals surface area contributed by atoms with Crippen LogP contribution in [-0.2, 0) is 9.53 Å². The molecule has 1 saturated heterocycles. The Morgan fingerprint density at radius 2 is 2.14 bits per heavy atom. The van der Waals surface area contributed by atoms with Crippen molar-refractivity contribution >= 4 is 22.6 Å². The average molecular weight is 391 g/mol. The molecule has 8 nitrogen and oxygen atoms in total. The molecule has 0 radical (unpaired) electrons. The number of primary amides is 1. The molecule has 0 aliphatic carbocycles. The van der Waals surface area contributed by atoms with Crippen molar-refractivity contribution in [3.8, 4) is 11.6 Å². The molecule has 1 aromatic carbocycles. The van der Waals surface area contributed by atoms with Crippen LogP contribution in [0.4, 0.5) is 4.39 Å². The summed E-state index contributed by atoms with van der Waals surface area (Å²) >= 11 is 0. The van der Waals surface area contributed by atoms with Gasteiger partial charge in [0.05, 0.1) is 25.9 Å². The van der Waals surface area contributed by atoms with Crippen molar-refractivity contribution in [1.82, 2.24) is 10.3 Å². The van der Waals surface area contributed by atoms with E-state index in [1.807, 2.05) is 0 Å². The first-order chi connectivity index (χ1) is 13.5. The summed E-state index contributed by atoms with van der Waals surface area (Å²) in [4.78, 5) is 27.4. The van der Waals surface area contributed by atoms with E-state index in [0.29, 0.717) is 23.4 Å². The Bertz CT molecular complexity index is 891. The lowest BCUT2D eigenvalue weighted by molar-refractivity contribution is -0.124. The number of pyridine rings is 1. The predicted octanol–water partition coefficient (Wildman–Crippen LogP) is 1.21. The summed E-state index contributed by atoms with van der Waals surface area (Å²) in [5.41, 5.74) is 5.65. The van der Waals surface area contributed by atoms with E-state index < -0.39 is 23.9 Å². The fraction of sp³-hybridized carbons (Fsp3) is 0.421. The zero-order valence-corrected chi connectivity index (χ0v) is 15.6. The number of methoxy groups -OCH3 is 2. The van der Waals surface area contributed by atoms with Gasteiger partial charge in [-0.2, -0.15) is 0 Å². The molecule has 3 atom stereocenters. The van der Waals surface area contributed by atoms with Gasteiger partial charge in [0.2, 0.25) is 5.88 Å². The van der Waals surface area contributed by atoms with E-state index in [1.165, 1.54) is 14.2 Å². The molecule has 150 valence electrons. The van der Waals surface area contributed by atoms with E-state index in [-0.39, 0.29) is 24.8 Å². The summed E-state index contributed by atoms with van der Waals surface area (Å²) in [7, 11) is 2.91. The quantitative estimate of drug-likeness (QED) is 0.699. The first-order valence-corrected chi connectivity index (χ1v) is 8.79. The number of carbonyl (C=O) groups excluding carboxylic acids is 2. The van der Waals surface area contributed by atoms with Gasteiger partial charge in [0.25, 0.3) is 11.8 Å². The van der Waals surface area contributed by atoms with Gasteiger partial charge >= 0.3 is 0 Å². The molecule has 1 aromatic heterocycles. The topological polar surface area (TPSA) is 113 Å². The van der Waals surface area contributed by atoms with Crippen molar-refractivity contribution in [2.24, 2.45) is 11.7 Å². The van der Waals surface area contributed by atoms with Crippen LogP contribution < -0.4 is 20.5 Å². The molecule has 28 heavy (non-hydrogen) atoms. The number of hydrogen-bond donors (Lipinski definition) is 2. The first-order valence-electron chi connectivity index (χ1n) is 8.79. The molecule has 1 aliphatic rings. The van der Waals surface area contributed by atoms with Gasteiger partial charge in [-0.1, -0.05) is 0 Å². The van der Waals surface area contributed by atoms with Crippen LogP contribution in [0.5, 0.6) is 11.6 Å². The van der Waals surface area contributed by atoms with E-state index >= 15 is 0 Å². The predicted molar refractivity (Wildman–Crippen MR) is 99.1 cm³/mol. The van der Waals surface area contributed by atoms with Gasteiger partial charge in [-0.25, -0.2) is 9.37 Å². The highest BCUT2D eigenvalue weighted by Crippen LogP contribution is 2.31. The monoisotopic (exact) mass is 391 g/mol. The Morgan fingerprint density at radius 3 is 2.82 bits per heavy atom. The molecule has 3 N–H and O–H groups in total.